The fourth-order valence-electron chi connectivity index (χ4n) is 2.00. The normalized spacial score (nSPS) is 10.5. The zero-order valence-electron chi connectivity index (χ0n) is 11.5. The molecule has 0 saturated heterocycles. The van der Waals surface area contributed by atoms with Crippen LogP contribution in [0.1, 0.15) is 23.0 Å². The van der Waals surface area contributed by atoms with Crippen LogP contribution < -0.4 is 5.32 Å². The second kappa shape index (κ2) is 5.93. The number of hydrogen-bond acceptors (Lipinski definition) is 4. The molecule has 0 aliphatic carbocycles. The molecule has 0 aliphatic heterocycles. The highest BCUT2D eigenvalue weighted by Crippen LogP contribution is 2.28. The molecule has 1 aromatic carbocycles. The predicted octanol–water partition coefficient (Wildman–Crippen LogP) is 4.22. The number of carbonyl (C=O) groups is 1. The Bertz CT molecular complexity index is 730. The number of anilines is 1. The van der Waals surface area contributed by atoms with Crippen LogP contribution in [-0.4, -0.2) is 10.9 Å². The Morgan fingerprint density at radius 1 is 1.29 bits per heavy atom. The van der Waals surface area contributed by atoms with Crippen LogP contribution in [0.15, 0.2) is 52.6 Å². The first-order valence-electron chi connectivity index (χ1n) is 6.65. The number of nitrogens with one attached hydrogen (secondary N) is 1. The van der Waals surface area contributed by atoms with E-state index < -0.39 is 0 Å². The van der Waals surface area contributed by atoms with Crippen molar-refractivity contribution in [3.63, 3.8) is 0 Å². The lowest BCUT2D eigenvalue weighted by Gasteiger charge is -2.05. The number of carbonyl (C=O) groups excluding carboxylic acids is 1. The molecule has 2 aromatic heterocycles. The van der Waals surface area contributed by atoms with Crippen molar-refractivity contribution < 1.29 is 9.21 Å². The summed E-state index contributed by atoms with van der Waals surface area (Å²) in [5.41, 5.74) is 2.28. The van der Waals surface area contributed by atoms with Crippen LogP contribution in [0, 0.1) is 0 Å². The van der Waals surface area contributed by atoms with Crippen LogP contribution >= 0.6 is 11.3 Å². The average Bonchev–Trinajstić information content (AvgIpc) is 3.18. The molecule has 0 unspecified atom stereocenters. The van der Waals surface area contributed by atoms with Gasteiger partial charge in [0.1, 0.15) is 0 Å². The summed E-state index contributed by atoms with van der Waals surface area (Å²) in [5, 5.41) is 4.77. The topological polar surface area (TPSA) is 55.1 Å². The van der Waals surface area contributed by atoms with Gasteiger partial charge in [0.25, 0.3) is 5.91 Å². The summed E-state index contributed by atoms with van der Waals surface area (Å²) in [4.78, 5) is 17.2. The number of oxazole rings is 1. The van der Waals surface area contributed by atoms with E-state index >= 15 is 0 Å². The molecule has 0 saturated carbocycles. The van der Waals surface area contributed by atoms with Crippen molar-refractivity contribution in [2.75, 3.05) is 5.32 Å². The summed E-state index contributed by atoms with van der Waals surface area (Å²) in [6, 6.07) is 11.6. The summed E-state index contributed by atoms with van der Waals surface area (Å²) >= 11 is 1.51. The quantitative estimate of drug-likeness (QED) is 0.784. The Morgan fingerprint density at radius 2 is 2.10 bits per heavy atom. The number of thiophene rings is 1. The van der Waals surface area contributed by atoms with Gasteiger partial charge < -0.3 is 9.73 Å². The van der Waals surface area contributed by atoms with E-state index in [1.165, 1.54) is 23.3 Å². The number of aromatic nitrogens is 1. The maximum absolute atomic E-state index is 12.3. The second-order valence-electron chi connectivity index (χ2n) is 4.51. The predicted molar refractivity (Wildman–Crippen MR) is 83.6 cm³/mol. The molecule has 1 N–H and O–H groups in total. The van der Waals surface area contributed by atoms with E-state index in [9.17, 15) is 4.79 Å². The fraction of sp³-hybridized carbons (Fsp3) is 0.125. The van der Waals surface area contributed by atoms with E-state index in [2.05, 4.69) is 17.2 Å². The summed E-state index contributed by atoms with van der Waals surface area (Å²) in [5.74, 6) is 0.240. The SMILES string of the molecule is CCc1ccc(NC(=O)c2ncoc2-c2cccs2)cc1. The molecule has 21 heavy (non-hydrogen) atoms. The minimum absolute atomic E-state index is 0.267. The van der Waals surface area contributed by atoms with Gasteiger partial charge in [-0.25, -0.2) is 4.98 Å². The Morgan fingerprint density at radius 3 is 2.76 bits per heavy atom. The molecule has 1 amide bonds. The maximum atomic E-state index is 12.3. The molecule has 0 spiro atoms. The van der Waals surface area contributed by atoms with E-state index in [1.54, 1.807) is 0 Å². The minimum Gasteiger partial charge on any atom is -0.442 e. The van der Waals surface area contributed by atoms with Crippen LogP contribution in [0.5, 0.6) is 0 Å². The second-order valence-corrected chi connectivity index (χ2v) is 5.46. The van der Waals surface area contributed by atoms with Crippen LogP contribution in [0.2, 0.25) is 0 Å². The highest BCUT2D eigenvalue weighted by atomic mass is 32.1. The highest BCUT2D eigenvalue weighted by Gasteiger charge is 2.18. The molecule has 4 nitrogen and oxygen atoms in total. The van der Waals surface area contributed by atoms with Crippen molar-refractivity contribution in [1.82, 2.24) is 4.98 Å². The Kier molecular flexibility index (Phi) is 3.83. The molecule has 2 heterocycles. The smallest absolute Gasteiger partial charge is 0.278 e. The van der Waals surface area contributed by atoms with Gasteiger partial charge in [-0.15, -0.1) is 11.3 Å². The van der Waals surface area contributed by atoms with Crippen molar-refractivity contribution in [2.24, 2.45) is 0 Å². The number of rotatable bonds is 4. The lowest BCUT2D eigenvalue weighted by Crippen LogP contribution is -2.13. The number of benzene rings is 1. The van der Waals surface area contributed by atoms with E-state index in [0.717, 1.165) is 17.0 Å². The first kappa shape index (κ1) is 13.6. The number of hydrogen-bond donors (Lipinski definition) is 1. The van der Waals surface area contributed by atoms with Gasteiger partial charge in [0.15, 0.2) is 17.8 Å². The molecule has 0 aliphatic rings. The van der Waals surface area contributed by atoms with Gasteiger partial charge >= 0.3 is 0 Å². The van der Waals surface area contributed by atoms with Crippen LogP contribution in [-0.2, 0) is 6.42 Å². The molecule has 0 bridgehead atoms. The Hall–Kier alpha value is -2.40. The fourth-order valence-corrected chi connectivity index (χ4v) is 2.72. The molecule has 5 heteroatoms. The van der Waals surface area contributed by atoms with Crippen LogP contribution in [0.3, 0.4) is 0 Å². The summed E-state index contributed by atoms with van der Waals surface area (Å²) in [6.45, 7) is 2.09. The third-order valence-corrected chi connectivity index (χ3v) is 4.02. The van der Waals surface area contributed by atoms with Gasteiger partial charge in [-0.05, 0) is 35.6 Å². The Labute approximate surface area is 126 Å². The van der Waals surface area contributed by atoms with Gasteiger partial charge in [-0.1, -0.05) is 25.1 Å². The first-order chi connectivity index (χ1) is 10.3. The molecular formula is C16H14N2O2S. The first-order valence-corrected chi connectivity index (χ1v) is 7.53. The molecular weight excluding hydrogens is 284 g/mol. The maximum Gasteiger partial charge on any atom is 0.278 e. The number of aryl methyl sites for hydroxylation is 1. The van der Waals surface area contributed by atoms with Crippen molar-refractivity contribution in [1.29, 1.82) is 0 Å². The Balaban J connectivity index is 1.81. The largest absolute Gasteiger partial charge is 0.442 e. The third-order valence-electron chi connectivity index (χ3n) is 3.15. The van der Waals surface area contributed by atoms with Crippen LogP contribution in [0.25, 0.3) is 10.6 Å². The minimum atomic E-state index is -0.267. The van der Waals surface area contributed by atoms with Gasteiger partial charge in [0.2, 0.25) is 0 Å². The average molecular weight is 298 g/mol. The van der Waals surface area contributed by atoms with Crippen molar-refractivity contribution in [3.05, 3.63) is 59.4 Å². The van der Waals surface area contributed by atoms with Crippen molar-refractivity contribution >= 4 is 22.9 Å². The zero-order valence-corrected chi connectivity index (χ0v) is 12.3. The van der Waals surface area contributed by atoms with Gasteiger partial charge in [0.05, 0.1) is 4.88 Å². The molecule has 0 radical (unpaired) electrons. The van der Waals surface area contributed by atoms with Crippen molar-refractivity contribution in [3.8, 4) is 10.6 Å². The van der Waals surface area contributed by atoms with E-state index in [4.69, 9.17) is 4.42 Å². The van der Waals surface area contributed by atoms with Crippen LogP contribution in [0.4, 0.5) is 5.69 Å². The lowest BCUT2D eigenvalue weighted by molar-refractivity contribution is 0.102. The lowest BCUT2D eigenvalue weighted by atomic mass is 10.1. The molecule has 0 fully saturated rings. The molecule has 3 aromatic rings. The van der Waals surface area contributed by atoms with Crippen molar-refractivity contribution in [2.45, 2.75) is 13.3 Å². The van der Waals surface area contributed by atoms with E-state index in [-0.39, 0.29) is 5.91 Å². The van der Waals surface area contributed by atoms with Gasteiger partial charge in [0, 0.05) is 5.69 Å². The summed E-state index contributed by atoms with van der Waals surface area (Å²) in [6.07, 6.45) is 2.27. The number of nitrogens with zero attached hydrogens (tertiary/aromatic N) is 1. The standard InChI is InChI=1S/C16H14N2O2S/c1-2-11-5-7-12(8-6-11)18-16(19)14-15(20-10-17-14)13-4-3-9-21-13/h3-10H,2H2,1H3,(H,18,19). The highest BCUT2D eigenvalue weighted by molar-refractivity contribution is 7.13. The summed E-state index contributed by atoms with van der Waals surface area (Å²) < 4.78 is 5.34. The molecule has 0 atom stereocenters. The van der Waals surface area contributed by atoms with E-state index in [0.29, 0.717) is 11.5 Å². The van der Waals surface area contributed by atoms with E-state index in [1.807, 2.05) is 41.8 Å². The third kappa shape index (κ3) is 2.87. The number of amides is 1. The molecule has 3 rings (SSSR count). The zero-order chi connectivity index (χ0) is 14.7. The van der Waals surface area contributed by atoms with Gasteiger partial charge in [-0.3, -0.25) is 4.79 Å². The monoisotopic (exact) mass is 298 g/mol. The summed E-state index contributed by atoms with van der Waals surface area (Å²) in [7, 11) is 0. The van der Waals surface area contributed by atoms with Gasteiger partial charge in [-0.2, -0.15) is 0 Å². The molecule has 106 valence electrons.